The van der Waals surface area contributed by atoms with E-state index < -0.39 is 10.6 Å². The number of nitrogens with zero attached hydrogens (tertiary/aromatic N) is 3. The predicted molar refractivity (Wildman–Crippen MR) is 69.1 cm³/mol. The Morgan fingerprint density at radius 3 is 2.42 bits per heavy atom. The van der Waals surface area contributed by atoms with Gasteiger partial charge in [-0.05, 0) is 37.1 Å². The Morgan fingerprint density at radius 2 is 1.84 bits per heavy atom. The standard InChI is InChI=1S/C12H12N4O3/c1-7-3-8(2)5-9(4-7)19-12-10(16(17)18)11(13)14-6-15-12/h3-6H,1-2H3,(H2,13,14,15). The number of nitro groups is 1. The van der Waals surface area contributed by atoms with Crippen molar-refractivity contribution < 1.29 is 9.66 Å². The number of aryl methyl sites for hydroxylation is 2. The topological polar surface area (TPSA) is 104 Å². The van der Waals surface area contributed by atoms with Gasteiger partial charge in [0.1, 0.15) is 12.1 Å². The van der Waals surface area contributed by atoms with Crippen LogP contribution in [-0.2, 0) is 0 Å². The Balaban J connectivity index is 2.43. The molecule has 0 atom stereocenters. The molecule has 2 aromatic rings. The molecule has 0 radical (unpaired) electrons. The molecule has 0 fully saturated rings. The van der Waals surface area contributed by atoms with E-state index in [0.717, 1.165) is 17.5 Å². The molecule has 19 heavy (non-hydrogen) atoms. The van der Waals surface area contributed by atoms with Crippen LogP contribution in [0.2, 0.25) is 0 Å². The van der Waals surface area contributed by atoms with E-state index >= 15 is 0 Å². The minimum absolute atomic E-state index is 0.164. The van der Waals surface area contributed by atoms with Crippen molar-refractivity contribution in [3.8, 4) is 11.6 Å². The third kappa shape index (κ3) is 2.76. The monoisotopic (exact) mass is 260 g/mol. The van der Waals surface area contributed by atoms with Gasteiger partial charge in [0.15, 0.2) is 0 Å². The molecule has 0 aliphatic carbocycles. The van der Waals surface area contributed by atoms with Crippen molar-refractivity contribution in [1.82, 2.24) is 9.97 Å². The number of nitrogen functional groups attached to an aromatic ring is 1. The summed E-state index contributed by atoms with van der Waals surface area (Å²) < 4.78 is 5.44. The van der Waals surface area contributed by atoms with Crippen LogP contribution in [0.1, 0.15) is 11.1 Å². The van der Waals surface area contributed by atoms with Crippen molar-refractivity contribution in [2.75, 3.05) is 5.73 Å². The summed E-state index contributed by atoms with van der Waals surface area (Å²) in [5.41, 5.74) is 7.01. The zero-order valence-corrected chi connectivity index (χ0v) is 10.5. The number of benzene rings is 1. The Kier molecular flexibility index (Phi) is 3.28. The molecule has 0 saturated heterocycles. The fourth-order valence-corrected chi connectivity index (χ4v) is 1.73. The first-order chi connectivity index (χ1) is 8.97. The van der Waals surface area contributed by atoms with E-state index in [-0.39, 0.29) is 11.7 Å². The van der Waals surface area contributed by atoms with Crippen LogP contribution >= 0.6 is 0 Å². The van der Waals surface area contributed by atoms with Crippen molar-refractivity contribution >= 4 is 11.5 Å². The maximum Gasteiger partial charge on any atom is 0.372 e. The van der Waals surface area contributed by atoms with Crippen LogP contribution in [-0.4, -0.2) is 14.9 Å². The van der Waals surface area contributed by atoms with Crippen molar-refractivity contribution in [2.45, 2.75) is 13.8 Å². The molecule has 1 heterocycles. The van der Waals surface area contributed by atoms with Crippen molar-refractivity contribution in [3.05, 3.63) is 45.8 Å². The summed E-state index contributed by atoms with van der Waals surface area (Å²) in [6, 6.07) is 5.49. The summed E-state index contributed by atoms with van der Waals surface area (Å²) >= 11 is 0. The highest BCUT2D eigenvalue weighted by molar-refractivity contribution is 5.58. The van der Waals surface area contributed by atoms with Gasteiger partial charge in [0.2, 0.25) is 5.82 Å². The molecule has 7 heteroatoms. The van der Waals surface area contributed by atoms with Gasteiger partial charge in [0.25, 0.3) is 0 Å². The van der Waals surface area contributed by atoms with Crippen LogP contribution in [0.5, 0.6) is 11.6 Å². The molecule has 0 spiro atoms. The van der Waals surface area contributed by atoms with Gasteiger partial charge in [-0.2, -0.15) is 4.98 Å². The number of aromatic nitrogens is 2. The van der Waals surface area contributed by atoms with Gasteiger partial charge in [-0.25, -0.2) is 4.98 Å². The van der Waals surface area contributed by atoms with E-state index in [1.807, 2.05) is 19.9 Å². The predicted octanol–water partition coefficient (Wildman–Crippen LogP) is 2.38. The van der Waals surface area contributed by atoms with E-state index in [1.54, 1.807) is 12.1 Å². The summed E-state index contributed by atoms with van der Waals surface area (Å²) in [4.78, 5) is 17.6. The van der Waals surface area contributed by atoms with Gasteiger partial charge in [0.05, 0.1) is 4.92 Å². The van der Waals surface area contributed by atoms with Crippen LogP contribution in [0.25, 0.3) is 0 Å². The average molecular weight is 260 g/mol. The Labute approximate surface area is 109 Å². The third-order valence-corrected chi connectivity index (χ3v) is 2.41. The lowest BCUT2D eigenvalue weighted by Crippen LogP contribution is -2.02. The molecule has 7 nitrogen and oxygen atoms in total. The third-order valence-electron chi connectivity index (χ3n) is 2.41. The molecule has 1 aromatic heterocycles. The first-order valence-electron chi connectivity index (χ1n) is 5.48. The lowest BCUT2D eigenvalue weighted by molar-refractivity contribution is -0.385. The molecule has 2 rings (SSSR count). The zero-order valence-electron chi connectivity index (χ0n) is 10.5. The van der Waals surface area contributed by atoms with Crippen LogP contribution in [0.3, 0.4) is 0 Å². The number of rotatable bonds is 3. The highest BCUT2D eigenvalue weighted by Crippen LogP contribution is 2.32. The first-order valence-corrected chi connectivity index (χ1v) is 5.48. The Bertz CT molecular complexity index is 623. The maximum absolute atomic E-state index is 10.9. The second kappa shape index (κ2) is 4.89. The van der Waals surface area contributed by atoms with E-state index in [1.165, 1.54) is 0 Å². The van der Waals surface area contributed by atoms with Crippen LogP contribution in [0.15, 0.2) is 24.5 Å². The lowest BCUT2D eigenvalue weighted by atomic mass is 10.1. The van der Waals surface area contributed by atoms with Gasteiger partial charge in [0, 0.05) is 0 Å². The van der Waals surface area contributed by atoms with E-state index in [2.05, 4.69) is 9.97 Å². The molecule has 1 aromatic carbocycles. The van der Waals surface area contributed by atoms with Crippen molar-refractivity contribution in [3.63, 3.8) is 0 Å². The number of ether oxygens (including phenoxy) is 1. The second-order valence-corrected chi connectivity index (χ2v) is 4.10. The van der Waals surface area contributed by atoms with Crippen molar-refractivity contribution in [1.29, 1.82) is 0 Å². The normalized spacial score (nSPS) is 10.2. The number of nitrogens with two attached hydrogens (primary N) is 1. The maximum atomic E-state index is 10.9. The summed E-state index contributed by atoms with van der Waals surface area (Å²) in [5, 5.41) is 10.9. The van der Waals surface area contributed by atoms with Gasteiger partial charge < -0.3 is 10.5 Å². The fraction of sp³-hybridized carbons (Fsp3) is 0.167. The van der Waals surface area contributed by atoms with Gasteiger partial charge >= 0.3 is 11.6 Å². The summed E-state index contributed by atoms with van der Waals surface area (Å²) in [6.07, 6.45) is 1.13. The molecule has 0 aliphatic rings. The van der Waals surface area contributed by atoms with Crippen LogP contribution in [0, 0.1) is 24.0 Å². The Morgan fingerprint density at radius 1 is 1.21 bits per heavy atom. The average Bonchev–Trinajstić information content (AvgIpc) is 2.26. The molecular weight excluding hydrogens is 248 g/mol. The molecule has 2 N–H and O–H groups in total. The molecule has 0 saturated carbocycles. The highest BCUT2D eigenvalue weighted by Gasteiger charge is 2.23. The molecule has 0 aliphatic heterocycles. The second-order valence-electron chi connectivity index (χ2n) is 4.10. The van der Waals surface area contributed by atoms with E-state index in [0.29, 0.717) is 5.75 Å². The van der Waals surface area contributed by atoms with Crippen LogP contribution < -0.4 is 10.5 Å². The zero-order chi connectivity index (χ0) is 14.0. The number of hydrogen-bond donors (Lipinski definition) is 1. The van der Waals surface area contributed by atoms with E-state index in [4.69, 9.17) is 10.5 Å². The Hall–Kier alpha value is -2.70. The van der Waals surface area contributed by atoms with Crippen molar-refractivity contribution in [2.24, 2.45) is 0 Å². The molecule has 98 valence electrons. The smallest absolute Gasteiger partial charge is 0.372 e. The fourth-order valence-electron chi connectivity index (χ4n) is 1.73. The van der Waals surface area contributed by atoms with Crippen LogP contribution in [0.4, 0.5) is 11.5 Å². The molecule has 0 bridgehead atoms. The molecule has 0 amide bonds. The minimum Gasteiger partial charge on any atom is -0.434 e. The highest BCUT2D eigenvalue weighted by atomic mass is 16.6. The summed E-state index contributed by atoms with van der Waals surface area (Å²) in [6.45, 7) is 3.81. The summed E-state index contributed by atoms with van der Waals surface area (Å²) in [7, 11) is 0. The minimum atomic E-state index is -0.659. The number of hydrogen-bond acceptors (Lipinski definition) is 6. The van der Waals surface area contributed by atoms with Gasteiger partial charge in [-0.1, -0.05) is 6.07 Å². The molecule has 0 unspecified atom stereocenters. The quantitative estimate of drug-likeness (QED) is 0.671. The SMILES string of the molecule is Cc1cc(C)cc(Oc2ncnc(N)c2[N+](=O)[O-])c1. The van der Waals surface area contributed by atoms with E-state index in [9.17, 15) is 10.1 Å². The number of anilines is 1. The largest absolute Gasteiger partial charge is 0.434 e. The van der Waals surface area contributed by atoms with Gasteiger partial charge in [-0.3, -0.25) is 10.1 Å². The van der Waals surface area contributed by atoms with Gasteiger partial charge in [-0.15, -0.1) is 0 Å². The molecular formula is C12H12N4O3. The summed E-state index contributed by atoms with van der Waals surface area (Å²) in [5.74, 6) is 0.0839. The first kappa shape index (κ1) is 12.7. The lowest BCUT2D eigenvalue weighted by Gasteiger charge is -2.07.